The van der Waals surface area contributed by atoms with Crippen LogP contribution in [0, 0.1) is 5.82 Å². The SMILES string of the molecule is CCCNC(=O)[C@H](Cc1ccccc1)N(Cc1ccc(Cl)c(Cl)c1)C(=O)CN(c1ccc(F)cc1)S(=O)(=O)N(C)C. The van der Waals surface area contributed by atoms with Crippen molar-refractivity contribution in [1.82, 2.24) is 14.5 Å². The lowest BCUT2D eigenvalue weighted by atomic mass is 10.0. The Morgan fingerprint density at radius 1 is 0.927 bits per heavy atom. The van der Waals surface area contributed by atoms with Crippen LogP contribution in [0.2, 0.25) is 10.0 Å². The van der Waals surface area contributed by atoms with Crippen LogP contribution in [-0.4, -0.2) is 62.7 Å². The van der Waals surface area contributed by atoms with Gasteiger partial charge in [-0.3, -0.25) is 9.59 Å². The zero-order chi connectivity index (χ0) is 30.2. The van der Waals surface area contributed by atoms with Crippen LogP contribution in [0.5, 0.6) is 0 Å². The summed E-state index contributed by atoms with van der Waals surface area (Å²) in [5.74, 6) is -1.58. The molecule has 220 valence electrons. The second-order valence-corrected chi connectivity index (χ2v) is 12.4. The van der Waals surface area contributed by atoms with Crippen molar-refractivity contribution in [3.8, 4) is 0 Å². The van der Waals surface area contributed by atoms with E-state index in [-0.39, 0.29) is 29.6 Å². The molecule has 3 aromatic rings. The first kappa shape index (κ1) is 32.3. The third-order valence-electron chi connectivity index (χ3n) is 6.29. The molecule has 3 aromatic carbocycles. The maximum absolute atomic E-state index is 14.1. The van der Waals surface area contributed by atoms with Crippen LogP contribution in [0.25, 0.3) is 0 Å². The van der Waals surface area contributed by atoms with E-state index in [1.807, 2.05) is 37.3 Å². The Morgan fingerprint density at radius 3 is 2.17 bits per heavy atom. The Labute approximate surface area is 250 Å². The lowest BCUT2D eigenvalue weighted by Crippen LogP contribution is -2.54. The molecule has 12 heteroatoms. The van der Waals surface area contributed by atoms with Gasteiger partial charge in [-0.1, -0.05) is 66.5 Å². The van der Waals surface area contributed by atoms with Gasteiger partial charge in [0.25, 0.3) is 0 Å². The van der Waals surface area contributed by atoms with Gasteiger partial charge in [0.05, 0.1) is 15.7 Å². The van der Waals surface area contributed by atoms with Gasteiger partial charge in [-0.2, -0.15) is 12.7 Å². The van der Waals surface area contributed by atoms with Gasteiger partial charge < -0.3 is 10.2 Å². The van der Waals surface area contributed by atoms with E-state index in [1.54, 1.807) is 18.2 Å². The molecule has 3 rings (SSSR count). The Hall–Kier alpha value is -3.18. The zero-order valence-corrected chi connectivity index (χ0v) is 25.4. The minimum atomic E-state index is -4.18. The van der Waals surface area contributed by atoms with Gasteiger partial charge in [0.15, 0.2) is 0 Å². The van der Waals surface area contributed by atoms with Gasteiger partial charge in [-0.05, 0) is 53.9 Å². The number of hydrogen-bond donors (Lipinski definition) is 1. The molecule has 0 fully saturated rings. The Morgan fingerprint density at radius 2 is 1.59 bits per heavy atom. The van der Waals surface area contributed by atoms with E-state index in [4.69, 9.17) is 23.2 Å². The maximum Gasteiger partial charge on any atom is 0.304 e. The molecule has 0 bridgehead atoms. The summed E-state index contributed by atoms with van der Waals surface area (Å²) in [5, 5.41) is 3.47. The summed E-state index contributed by atoms with van der Waals surface area (Å²) in [6.45, 7) is 1.62. The molecular weight excluding hydrogens is 590 g/mol. The number of hydrogen-bond acceptors (Lipinski definition) is 4. The second kappa shape index (κ2) is 14.6. The lowest BCUT2D eigenvalue weighted by molar-refractivity contribution is -0.140. The molecule has 1 N–H and O–H groups in total. The number of halogens is 3. The minimum Gasteiger partial charge on any atom is -0.354 e. The van der Waals surface area contributed by atoms with Crippen LogP contribution in [0.1, 0.15) is 24.5 Å². The first-order valence-corrected chi connectivity index (χ1v) is 15.1. The number of amides is 2. The molecule has 0 radical (unpaired) electrons. The topological polar surface area (TPSA) is 90.0 Å². The molecule has 8 nitrogen and oxygen atoms in total. The van der Waals surface area contributed by atoms with Crippen molar-refractivity contribution in [3.63, 3.8) is 0 Å². The van der Waals surface area contributed by atoms with Crippen LogP contribution in [-0.2, 0) is 32.8 Å². The van der Waals surface area contributed by atoms with E-state index in [2.05, 4.69) is 5.32 Å². The highest BCUT2D eigenvalue weighted by molar-refractivity contribution is 7.90. The van der Waals surface area contributed by atoms with E-state index in [0.717, 1.165) is 26.3 Å². The Bertz CT molecular complexity index is 1440. The predicted octanol–water partition coefficient (Wildman–Crippen LogP) is 4.91. The number of anilines is 1. The maximum atomic E-state index is 14.1. The summed E-state index contributed by atoms with van der Waals surface area (Å²) < 4.78 is 42.2. The Kier molecular flexibility index (Phi) is 11.5. The van der Waals surface area contributed by atoms with Crippen molar-refractivity contribution in [2.45, 2.75) is 32.4 Å². The van der Waals surface area contributed by atoms with Crippen molar-refractivity contribution in [2.24, 2.45) is 0 Å². The molecule has 1 atom stereocenters. The van der Waals surface area contributed by atoms with Crippen molar-refractivity contribution in [3.05, 3.63) is 99.8 Å². The fourth-order valence-electron chi connectivity index (χ4n) is 4.08. The molecule has 0 aliphatic carbocycles. The molecule has 0 spiro atoms. The number of benzene rings is 3. The highest BCUT2D eigenvalue weighted by Gasteiger charge is 2.34. The molecular formula is C29H33Cl2FN4O4S. The monoisotopic (exact) mass is 622 g/mol. The van der Waals surface area contributed by atoms with Crippen LogP contribution in [0.4, 0.5) is 10.1 Å². The average molecular weight is 624 g/mol. The molecule has 41 heavy (non-hydrogen) atoms. The molecule has 0 saturated carbocycles. The fraction of sp³-hybridized carbons (Fsp3) is 0.310. The number of carbonyl (C=O) groups is 2. The number of carbonyl (C=O) groups excluding carboxylic acids is 2. The van der Waals surface area contributed by atoms with Crippen molar-refractivity contribution in [1.29, 1.82) is 0 Å². The van der Waals surface area contributed by atoms with E-state index in [1.165, 1.54) is 31.1 Å². The zero-order valence-electron chi connectivity index (χ0n) is 23.1. The number of nitrogens with one attached hydrogen (secondary N) is 1. The first-order chi connectivity index (χ1) is 19.4. The third kappa shape index (κ3) is 8.65. The van der Waals surface area contributed by atoms with Crippen molar-refractivity contribution >= 4 is 50.9 Å². The van der Waals surface area contributed by atoms with Gasteiger partial charge in [0.1, 0.15) is 18.4 Å². The van der Waals surface area contributed by atoms with Crippen LogP contribution in [0.15, 0.2) is 72.8 Å². The number of rotatable bonds is 13. The lowest BCUT2D eigenvalue weighted by Gasteiger charge is -2.34. The highest BCUT2D eigenvalue weighted by atomic mass is 35.5. The van der Waals surface area contributed by atoms with E-state index in [0.29, 0.717) is 23.6 Å². The summed E-state index contributed by atoms with van der Waals surface area (Å²) in [4.78, 5) is 29.0. The summed E-state index contributed by atoms with van der Waals surface area (Å²) in [6.07, 6.45) is 0.865. The van der Waals surface area contributed by atoms with Gasteiger partial charge >= 0.3 is 10.2 Å². The summed E-state index contributed by atoms with van der Waals surface area (Å²) in [5.41, 5.74) is 1.50. The van der Waals surface area contributed by atoms with E-state index in [9.17, 15) is 22.4 Å². The van der Waals surface area contributed by atoms with Crippen molar-refractivity contribution < 1.29 is 22.4 Å². The smallest absolute Gasteiger partial charge is 0.304 e. The average Bonchev–Trinajstić information content (AvgIpc) is 2.95. The van der Waals surface area contributed by atoms with Crippen molar-refractivity contribution in [2.75, 3.05) is 31.5 Å². The second-order valence-electron chi connectivity index (χ2n) is 9.54. The van der Waals surface area contributed by atoms with Crippen LogP contribution < -0.4 is 9.62 Å². The largest absolute Gasteiger partial charge is 0.354 e. The van der Waals surface area contributed by atoms with Gasteiger partial charge in [0.2, 0.25) is 11.8 Å². The summed E-state index contributed by atoms with van der Waals surface area (Å²) >= 11 is 12.4. The van der Waals surface area contributed by atoms with E-state index >= 15 is 0 Å². The summed E-state index contributed by atoms with van der Waals surface area (Å²) in [7, 11) is -1.51. The minimum absolute atomic E-state index is 0.0496. The predicted molar refractivity (Wildman–Crippen MR) is 161 cm³/mol. The van der Waals surface area contributed by atoms with Gasteiger partial charge in [0, 0.05) is 33.6 Å². The van der Waals surface area contributed by atoms with Gasteiger partial charge in [-0.25, -0.2) is 8.70 Å². The fourth-order valence-corrected chi connectivity index (χ4v) is 5.46. The molecule has 0 unspecified atom stereocenters. The van der Waals surface area contributed by atoms with E-state index < -0.39 is 34.5 Å². The molecule has 0 aromatic heterocycles. The molecule has 2 amide bonds. The highest BCUT2D eigenvalue weighted by Crippen LogP contribution is 2.25. The normalized spacial score (nSPS) is 12.2. The molecule has 0 aliphatic rings. The van der Waals surface area contributed by atoms with Gasteiger partial charge in [-0.15, -0.1) is 0 Å². The molecule has 0 heterocycles. The quantitative estimate of drug-likeness (QED) is 0.293. The number of nitrogens with zero attached hydrogens (tertiary/aromatic N) is 3. The third-order valence-corrected chi connectivity index (χ3v) is 8.85. The summed E-state index contributed by atoms with van der Waals surface area (Å²) in [6, 6.07) is 17.9. The molecule has 0 saturated heterocycles. The van der Waals surface area contributed by atoms with Crippen LogP contribution in [0.3, 0.4) is 0 Å². The Balaban J connectivity index is 2.09. The molecule has 0 aliphatic heterocycles. The first-order valence-electron chi connectivity index (χ1n) is 12.9. The standard InChI is InChI=1S/C29H33Cl2FN4O4S/c1-4-16-33-29(38)27(18-21-8-6-5-7-9-21)35(19-22-10-15-25(30)26(31)17-22)28(37)20-36(41(39,40)34(2)3)24-13-11-23(32)12-14-24/h5-15,17,27H,4,16,18-20H2,1-3H3,(H,33,38)/t27-/m0/s1. The van der Waals surface area contributed by atoms with Crippen LogP contribution >= 0.6 is 23.2 Å².